The van der Waals surface area contributed by atoms with E-state index in [2.05, 4.69) is 40.7 Å². The molecule has 0 aromatic rings. The highest BCUT2D eigenvalue weighted by Gasteiger charge is 2.41. The van der Waals surface area contributed by atoms with Crippen molar-refractivity contribution in [2.75, 3.05) is 31.1 Å². The second kappa shape index (κ2) is 7.00. The lowest BCUT2D eigenvalue weighted by Crippen LogP contribution is -2.58. The number of carbonyl (C=O) groups is 1. The molecule has 22 heavy (non-hydrogen) atoms. The third kappa shape index (κ3) is 3.25. The van der Waals surface area contributed by atoms with E-state index in [1.807, 2.05) is 0 Å². The first-order valence-corrected chi connectivity index (χ1v) is 10.2. The van der Waals surface area contributed by atoms with Gasteiger partial charge in [0.15, 0.2) is 0 Å². The summed E-state index contributed by atoms with van der Waals surface area (Å²) in [4.78, 5) is 17.4. The Labute approximate surface area is 139 Å². The number of amides is 2. The SMILES string of the molecule is CC1CCC(C)N1C(=O)NCC1(N2CCSCC2)CCCC1. The zero-order valence-corrected chi connectivity index (χ0v) is 15.0. The normalized spacial score (nSPS) is 32.4. The van der Waals surface area contributed by atoms with Crippen molar-refractivity contribution in [2.45, 2.75) is 70.0 Å². The second-order valence-electron chi connectivity index (χ2n) is 7.37. The van der Waals surface area contributed by atoms with Crippen LogP contribution < -0.4 is 5.32 Å². The minimum Gasteiger partial charge on any atom is -0.336 e. The fourth-order valence-electron chi connectivity index (χ4n) is 4.60. The maximum Gasteiger partial charge on any atom is 0.317 e. The lowest BCUT2D eigenvalue weighted by molar-refractivity contribution is 0.0998. The molecule has 3 aliphatic rings. The van der Waals surface area contributed by atoms with E-state index in [-0.39, 0.29) is 11.6 Å². The van der Waals surface area contributed by atoms with E-state index in [0.29, 0.717) is 12.1 Å². The van der Waals surface area contributed by atoms with Crippen LogP contribution >= 0.6 is 11.8 Å². The number of rotatable bonds is 3. The van der Waals surface area contributed by atoms with Gasteiger partial charge in [0.1, 0.15) is 0 Å². The summed E-state index contributed by atoms with van der Waals surface area (Å²) < 4.78 is 0. The molecular weight excluding hydrogens is 294 g/mol. The lowest BCUT2D eigenvalue weighted by Gasteiger charge is -2.44. The Bertz CT molecular complexity index is 381. The maximum absolute atomic E-state index is 12.6. The van der Waals surface area contributed by atoms with Gasteiger partial charge in [-0.1, -0.05) is 12.8 Å². The number of nitrogens with one attached hydrogen (secondary N) is 1. The summed E-state index contributed by atoms with van der Waals surface area (Å²) in [5.74, 6) is 2.49. The summed E-state index contributed by atoms with van der Waals surface area (Å²) in [6, 6.07) is 0.942. The molecule has 0 spiro atoms. The fraction of sp³-hybridized carbons (Fsp3) is 0.941. The van der Waals surface area contributed by atoms with E-state index < -0.39 is 0 Å². The van der Waals surface area contributed by atoms with Crippen LogP contribution in [0.3, 0.4) is 0 Å². The molecule has 2 atom stereocenters. The molecule has 2 saturated heterocycles. The van der Waals surface area contributed by atoms with Gasteiger partial charge in [-0.2, -0.15) is 11.8 Å². The van der Waals surface area contributed by atoms with Crippen LogP contribution in [0.4, 0.5) is 4.79 Å². The van der Waals surface area contributed by atoms with Crippen LogP contribution in [0.15, 0.2) is 0 Å². The summed E-state index contributed by atoms with van der Waals surface area (Å²) >= 11 is 2.06. The number of thioether (sulfide) groups is 1. The van der Waals surface area contributed by atoms with Gasteiger partial charge in [-0.3, -0.25) is 4.90 Å². The van der Waals surface area contributed by atoms with E-state index in [9.17, 15) is 4.79 Å². The minimum absolute atomic E-state index is 0.162. The quantitative estimate of drug-likeness (QED) is 0.866. The molecule has 0 bridgehead atoms. The molecule has 2 unspecified atom stereocenters. The van der Waals surface area contributed by atoms with Crippen molar-refractivity contribution in [1.29, 1.82) is 0 Å². The van der Waals surface area contributed by atoms with Gasteiger partial charge in [-0.25, -0.2) is 4.79 Å². The van der Waals surface area contributed by atoms with Crippen LogP contribution in [-0.2, 0) is 0 Å². The molecule has 0 radical (unpaired) electrons. The molecule has 0 aromatic heterocycles. The van der Waals surface area contributed by atoms with E-state index in [1.54, 1.807) is 0 Å². The number of urea groups is 1. The van der Waals surface area contributed by atoms with Crippen molar-refractivity contribution < 1.29 is 4.79 Å². The fourth-order valence-corrected chi connectivity index (χ4v) is 5.51. The molecule has 126 valence electrons. The van der Waals surface area contributed by atoms with Gasteiger partial charge in [0.05, 0.1) is 0 Å². The molecule has 2 amide bonds. The van der Waals surface area contributed by atoms with Gasteiger partial charge in [-0.05, 0) is 39.5 Å². The molecule has 2 aliphatic heterocycles. The molecule has 4 nitrogen and oxygen atoms in total. The van der Waals surface area contributed by atoms with Gasteiger partial charge in [0.2, 0.25) is 0 Å². The Balaban J connectivity index is 1.61. The Hall–Kier alpha value is -0.420. The molecular formula is C17H31N3OS. The first-order valence-electron chi connectivity index (χ1n) is 9.01. The largest absolute Gasteiger partial charge is 0.336 e. The summed E-state index contributed by atoms with van der Waals surface area (Å²) in [5, 5.41) is 3.30. The van der Waals surface area contributed by atoms with Crippen molar-refractivity contribution >= 4 is 17.8 Å². The third-order valence-corrected chi connectivity index (χ3v) is 6.91. The minimum atomic E-state index is 0.162. The summed E-state index contributed by atoms with van der Waals surface area (Å²) in [6.07, 6.45) is 7.42. The van der Waals surface area contributed by atoms with E-state index in [4.69, 9.17) is 0 Å². The number of carbonyl (C=O) groups excluding carboxylic acids is 1. The van der Waals surface area contributed by atoms with Crippen LogP contribution in [0.1, 0.15) is 52.4 Å². The van der Waals surface area contributed by atoms with Crippen molar-refractivity contribution in [3.8, 4) is 0 Å². The van der Waals surface area contributed by atoms with Gasteiger partial charge in [0.25, 0.3) is 0 Å². The molecule has 5 heteroatoms. The predicted molar refractivity (Wildman–Crippen MR) is 93.5 cm³/mol. The molecule has 1 N–H and O–H groups in total. The van der Waals surface area contributed by atoms with Crippen molar-refractivity contribution in [2.24, 2.45) is 0 Å². The van der Waals surface area contributed by atoms with Crippen LogP contribution in [0.25, 0.3) is 0 Å². The van der Waals surface area contributed by atoms with Crippen LogP contribution in [0.5, 0.6) is 0 Å². The van der Waals surface area contributed by atoms with Gasteiger partial charge < -0.3 is 10.2 Å². The van der Waals surface area contributed by atoms with Crippen LogP contribution in [0.2, 0.25) is 0 Å². The van der Waals surface area contributed by atoms with E-state index in [0.717, 1.165) is 19.4 Å². The molecule has 3 rings (SSSR count). The van der Waals surface area contributed by atoms with Crippen LogP contribution in [0, 0.1) is 0 Å². The Morgan fingerprint density at radius 2 is 1.73 bits per heavy atom. The number of nitrogens with zero attached hydrogens (tertiary/aromatic N) is 2. The second-order valence-corrected chi connectivity index (χ2v) is 8.60. The highest BCUT2D eigenvalue weighted by molar-refractivity contribution is 7.99. The van der Waals surface area contributed by atoms with Crippen molar-refractivity contribution in [3.05, 3.63) is 0 Å². The first-order chi connectivity index (χ1) is 10.6. The maximum atomic E-state index is 12.6. The van der Waals surface area contributed by atoms with E-state index in [1.165, 1.54) is 50.3 Å². The highest BCUT2D eigenvalue weighted by Crippen LogP contribution is 2.36. The van der Waals surface area contributed by atoms with Gasteiger partial charge in [-0.15, -0.1) is 0 Å². The van der Waals surface area contributed by atoms with Crippen LogP contribution in [-0.4, -0.2) is 64.6 Å². The predicted octanol–water partition coefficient (Wildman–Crippen LogP) is 2.93. The number of hydrogen-bond donors (Lipinski definition) is 1. The molecule has 2 heterocycles. The van der Waals surface area contributed by atoms with Gasteiger partial charge in [0, 0.05) is 48.8 Å². The number of likely N-dealkylation sites (tertiary alicyclic amines) is 1. The molecule has 0 aromatic carbocycles. The highest BCUT2D eigenvalue weighted by atomic mass is 32.2. The Morgan fingerprint density at radius 3 is 2.32 bits per heavy atom. The van der Waals surface area contributed by atoms with Crippen molar-refractivity contribution in [3.63, 3.8) is 0 Å². The lowest BCUT2D eigenvalue weighted by atomic mass is 9.94. The Morgan fingerprint density at radius 1 is 1.14 bits per heavy atom. The topological polar surface area (TPSA) is 35.6 Å². The first kappa shape index (κ1) is 16.4. The molecule has 1 aliphatic carbocycles. The van der Waals surface area contributed by atoms with Gasteiger partial charge >= 0.3 is 6.03 Å². The summed E-state index contributed by atoms with van der Waals surface area (Å²) in [5.41, 5.74) is 0.239. The average Bonchev–Trinajstić information content (AvgIpc) is 3.14. The smallest absolute Gasteiger partial charge is 0.317 e. The Kier molecular flexibility index (Phi) is 5.23. The molecule has 1 saturated carbocycles. The summed E-state index contributed by atoms with van der Waals surface area (Å²) in [7, 11) is 0. The van der Waals surface area contributed by atoms with Crippen molar-refractivity contribution in [1.82, 2.24) is 15.1 Å². The zero-order valence-electron chi connectivity index (χ0n) is 14.1. The monoisotopic (exact) mass is 325 g/mol. The zero-order chi connectivity index (χ0) is 15.6. The third-order valence-electron chi connectivity index (χ3n) is 5.97. The number of hydrogen-bond acceptors (Lipinski definition) is 3. The summed E-state index contributed by atoms with van der Waals surface area (Å²) in [6.45, 7) is 7.58. The standard InChI is InChI=1S/C17H31N3OS/c1-14-5-6-15(2)20(14)16(21)18-13-17(7-3-4-8-17)19-9-11-22-12-10-19/h14-15H,3-13H2,1-2H3,(H,18,21). The molecule has 3 fully saturated rings. The van der Waals surface area contributed by atoms with E-state index >= 15 is 0 Å². The average molecular weight is 326 g/mol.